The molecule has 22 heavy (non-hydrogen) atoms. The number of rotatable bonds is 7. The maximum Gasteiger partial charge on any atom is 0.408 e. The molecular weight excluding hydrogens is 292 g/mol. The van der Waals surface area contributed by atoms with E-state index in [1.165, 1.54) is 6.92 Å². The van der Waals surface area contributed by atoms with Crippen LogP contribution in [0.2, 0.25) is 0 Å². The van der Waals surface area contributed by atoms with Crippen molar-refractivity contribution >= 4 is 18.0 Å². The lowest BCUT2D eigenvalue weighted by Crippen LogP contribution is -2.54. The summed E-state index contributed by atoms with van der Waals surface area (Å²) in [6, 6.07) is 6.40. The number of hydrogen-bond donors (Lipinski definition) is 3. The number of hydrogen-bond acceptors (Lipinski definition) is 6. The van der Waals surface area contributed by atoms with E-state index in [1.807, 2.05) is 11.4 Å². The van der Waals surface area contributed by atoms with Crippen molar-refractivity contribution in [1.82, 2.24) is 10.6 Å². The highest BCUT2D eigenvalue weighted by Gasteiger charge is 2.20. The first-order chi connectivity index (χ1) is 10.4. The van der Waals surface area contributed by atoms with Crippen LogP contribution in [-0.2, 0) is 20.9 Å². The molecule has 0 radical (unpaired) electrons. The SMILES string of the molecule is C[C@H](NC(=O)OCc1ccccc1)C(=O)N[C@@H](CO)C(=O)[O-]. The van der Waals surface area contributed by atoms with E-state index in [9.17, 15) is 19.5 Å². The standard InChI is InChI=1S/C14H18N2O6/c1-9(12(18)16-11(7-17)13(19)20)15-14(21)22-8-10-5-3-2-4-6-10/h2-6,9,11,17H,7-8H2,1H3,(H,15,21)(H,16,18)(H,19,20)/p-1/t9-,11-/m0/s1. The molecule has 8 heteroatoms. The average Bonchev–Trinajstić information content (AvgIpc) is 2.50. The van der Waals surface area contributed by atoms with E-state index in [-0.39, 0.29) is 6.61 Å². The second kappa shape index (κ2) is 8.63. The molecule has 8 nitrogen and oxygen atoms in total. The summed E-state index contributed by atoms with van der Waals surface area (Å²) in [5, 5.41) is 23.6. The lowest BCUT2D eigenvalue weighted by atomic mass is 10.2. The van der Waals surface area contributed by atoms with Gasteiger partial charge in [-0.25, -0.2) is 4.79 Å². The van der Waals surface area contributed by atoms with E-state index in [2.05, 4.69) is 5.32 Å². The fourth-order valence-electron chi connectivity index (χ4n) is 1.48. The normalized spacial score (nSPS) is 12.8. The van der Waals surface area contributed by atoms with E-state index in [4.69, 9.17) is 9.84 Å². The van der Waals surface area contributed by atoms with Gasteiger partial charge in [0.1, 0.15) is 12.6 Å². The van der Waals surface area contributed by atoms with E-state index >= 15 is 0 Å². The molecule has 120 valence electrons. The van der Waals surface area contributed by atoms with E-state index in [1.54, 1.807) is 24.3 Å². The summed E-state index contributed by atoms with van der Waals surface area (Å²) < 4.78 is 4.92. The van der Waals surface area contributed by atoms with Crippen molar-refractivity contribution in [2.45, 2.75) is 25.6 Å². The highest BCUT2D eigenvalue weighted by Crippen LogP contribution is 2.00. The van der Waals surface area contributed by atoms with Crippen LogP contribution >= 0.6 is 0 Å². The summed E-state index contributed by atoms with van der Waals surface area (Å²) in [6.07, 6.45) is -0.819. The van der Waals surface area contributed by atoms with Gasteiger partial charge in [-0.3, -0.25) is 4.79 Å². The molecule has 0 unspecified atom stereocenters. The zero-order chi connectivity index (χ0) is 16.5. The fraction of sp³-hybridized carbons (Fsp3) is 0.357. The highest BCUT2D eigenvalue weighted by atomic mass is 16.5. The minimum absolute atomic E-state index is 0.0410. The van der Waals surface area contributed by atoms with Gasteiger partial charge in [0, 0.05) is 0 Å². The molecule has 2 amide bonds. The Hall–Kier alpha value is -2.61. The molecule has 0 aliphatic carbocycles. The lowest BCUT2D eigenvalue weighted by Gasteiger charge is -2.20. The third-order valence-corrected chi connectivity index (χ3v) is 2.72. The van der Waals surface area contributed by atoms with Crippen LogP contribution in [0.3, 0.4) is 0 Å². The van der Waals surface area contributed by atoms with Crippen molar-refractivity contribution in [3.63, 3.8) is 0 Å². The first kappa shape index (κ1) is 17.4. The van der Waals surface area contributed by atoms with Crippen LogP contribution in [0.15, 0.2) is 30.3 Å². The number of aliphatic hydroxyl groups is 1. The Labute approximate surface area is 127 Å². The molecule has 2 atom stereocenters. The number of nitrogens with one attached hydrogen (secondary N) is 2. The summed E-state index contributed by atoms with van der Waals surface area (Å²) in [7, 11) is 0. The van der Waals surface area contributed by atoms with Crippen molar-refractivity contribution in [1.29, 1.82) is 0 Å². The third kappa shape index (κ3) is 5.80. The molecule has 3 N–H and O–H groups in total. The fourth-order valence-corrected chi connectivity index (χ4v) is 1.48. The monoisotopic (exact) mass is 309 g/mol. The second-order valence-corrected chi connectivity index (χ2v) is 4.49. The molecule has 0 aliphatic heterocycles. The maximum absolute atomic E-state index is 11.6. The average molecular weight is 309 g/mol. The Morgan fingerprint density at radius 2 is 1.86 bits per heavy atom. The van der Waals surface area contributed by atoms with Gasteiger partial charge < -0.3 is 30.4 Å². The number of carboxylic acid groups (broad SMARTS) is 1. The maximum atomic E-state index is 11.6. The van der Waals surface area contributed by atoms with E-state index in [0.717, 1.165) is 5.56 Å². The van der Waals surface area contributed by atoms with Crippen molar-refractivity contribution in [3.05, 3.63) is 35.9 Å². The predicted octanol–water partition coefficient (Wildman–Crippen LogP) is -1.47. The van der Waals surface area contributed by atoms with Gasteiger partial charge in [0.15, 0.2) is 0 Å². The number of carbonyl (C=O) groups is 3. The van der Waals surface area contributed by atoms with Crippen LogP contribution in [0.25, 0.3) is 0 Å². The number of aliphatic hydroxyl groups excluding tert-OH is 1. The van der Waals surface area contributed by atoms with Crippen LogP contribution in [-0.4, -0.2) is 41.8 Å². The zero-order valence-corrected chi connectivity index (χ0v) is 11.9. The Kier molecular flexibility index (Phi) is 6.84. The first-order valence-corrected chi connectivity index (χ1v) is 6.53. The molecule has 0 spiro atoms. The number of ether oxygens (including phenoxy) is 1. The summed E-state index contributed by atoms with van der Waals surface area (Å²) in [5.41, 5.74) is 0.784. The number of benzene rings is 1. The molecule has 1 aromatic rings. The smallest absolute Gasteiger partial charge is 0.408 e. The Morgan fingerprint density at radius 1 is 1.23 bits per heavy atom. The molecular formula is C14H17N2O6-. The van der Waals surface area contributed by atoms with Gasteiger partial charge in [0.2, 0.25) is 5.91 Å². The minimum atomic E-state index is -1.62. The lowest BCUT2D eigenvalue weighted by molar-refractivity contribution is -0.309. The Bertz CT molecular complexity index is 519. The first-order valence-electron chi connectivity index (χ1n) is 6.53. The molecule has 0 aliphatic rings. The van der Waals surface area contributed by atoms with Gasteiger partial charge in [-0.2, -0.15) is 0 Å². The van der Waals surface area contributed by atoms with Crippen LogP contribution in [0, 0.1) is 0 Å². The van der Waals surface area contributed by atoms with Gasteiger partial charge in [-0.15, -0.1) is 0 Å². The summed E-state index contributed by atoms with van der Waals surface area (Å²) in [4.78, 5) is 33.7. The second-order valence-electron chi connectivity index (χ2n) is 4.49. The molecule has 1 rings (SSSR count). The quantitative estimate of drug-likeness (QED) is 0.564. The van der Waals surface area contributed by atoms with Crippen molar-refractivity contribution in [2.75, 3.05) is 6.61 Å². The van der Waals surface area contributed by atoms with Gasteiger partial charge in [0.05, 0.1) is 18.6 Å². The Balaban J connectivity index is 2.39. The van der Waals surface area contributed by atoms with Crippen LogP contribution in [0.5, 0.6) is 0 Å². The minimum Gasteiger partial charge on any atom is -0.548 e. The Morgan fingerprint density at radius 3 is 2.41 bits per heavy atom. The molecule has 0 aromatic heterocycles. The summed E-state index contributed by atoms with van der Waals surface area (Å²) in [5.74, 6) is -2.39. The van der Waals surface area contributed by atoms with Gasteiger partial charge in [-0.1, -0.05) is 30.3 Å². The van der Waals surface area contributed by atoms with Crippen molar-refractivity contribution in [3.8, 4) is 0 Å². The molecule has 0 fully saturated rings. The number of carboxylic acids is 1. The summed E-state index contributed by atoms with van der Waals surface area (Å²) in [6.45, 7) is 0.585. The van der Waals surface area contributed by atoms with Crippen molar-refractivity contribution in [2.24, 2.45) is 0 Å². The number of aliphatic carboxylic acids is 1. The van der Waals surface area contributed by atoms with Crippen LogP contribution < -0.4 is 15.7 Å². The van der Waals surface area contributed by atoms with Crippen molar-refractivity contribution < 1.29 is 29.3 Å². The van der Waals surface area contributed by atoms with Crippen LogP contribution in [0.4, 0.5) is 4.79 Å². The summed E-state index contributed by atoms with van der Waals surface area (Å²) >= 11 is 0. The molecule has 1 aromatic carbocycles. The topological polar surface area (TPSA) is 128 Å². The molecule has 0 saturated heterocycles. The molecule has 0 heterocycles. The molecule has 0 saturated carbocycles. The highest BCUT2D eigenvalue weighted by molar-refractivity contribution is 5.88. The predicted molar refractivity (Wildman–Crippen MR) is 73.2 cm³/mol. The van der Waals surface area contributed by atoms with Gasteiger partial charge in [-0.05, 0) is 12.5 Å². The van der Waals surface area contributed by atoms with Crippen LogP contribution in [0.1, 0.15) is 12.5 Å². The molecule has 0 bridgehead atoms. The zero-order valence-electron chi connectivity index (χ0n) is 11.9. The number of amides is 2. The van der Waals surface area contributed by atoms with Gasteiger partial charge >= 0.3 is 6.09 Å². The number of carbonyl (C=O) groups excluding carboxylic acids is 3. The number of alkyl carbamates (subject to hydrolysis) is 1. The van der Waals surface area contributed by atoms with Gasteiger partial charge in [0.25, 0.3) is 0 Å². The van der Waals surface area contributed by atoms with E-state index in [0.29, 0.717) is 0 Å². The third-order valence-electron chi connectivity index (χ3n) is 2.72. The largest absolute Gasteiger partial charge is 0.548 e. The van der Waals surface area contributed by atoms with E-state index < -0.39 is 36.7 Å².